The summed E-state index contributed by atoms with van der Waals surface area (Å²) >= 11 is 0. The van der Waals surface area contributed by atoms with E-state index in [9.17, 15) is 9.18 Å². The monoisotopic (exact) mass is 253 g/mol. The Hall–Kier alpha value is -1.62. The minimum atomic E-state index is -0.815. The molecule has 1 fully saturated rings. The van der Waals surface area contributed by atoms with Gasteiger partial charge < -0.3 is 15.2 Å². The highest BCUT2D eigenvalue weighted by atomic mass is 19.1. The second-order valence-electron chi connectivity index (χ2n) is 4.56. The van der Waals surface area contributed by atoms with Gasteiger partial charge in [-0.25, -0.2) is 4.39 Å². The van der Waals surface area contributed by atoms with Crippen molar-refractivity contribution in [3.8, 4) is 5.75 Å². The molecule has 1 heterocycles. The number of ether oxygens (including phenoxy) is 1. The molecule has 2 rings (SSSR count). The summed E-state index contributed by atoms with van der Waals surface area (Å²) in [5.74, 6) is -1.06. The number of methoxy groups -OCH3 is 1. The molecule has 0 aliphatic carbocycles. The lowest BCUT2D eigenvalue weighted by Gasteiger charge is -2.14. The van der Waals surface area contributed by atoms with Crippen LogP contribution in [0.25, 0.3) is 0 Å². The van der Waals surface area contributed by atoms with E-state index in [4.69, 9.17) is 9.84 Å². The summed E-state index contributed by atoms with van der Waals surface area (Å²) in [6.45, 7) is 2.07. The molecular weight excluding hydrogens is 237 g/mol. The summed E-state index contributed by atoms with van der Waals surface area (Å²) in [5, 5.41) is 12.0. The molecule has 1 aromatic rings. The molecule has 2 atom stereocenters. The van der Waals surface area contributed by atoms with Gasteiger partial charge in [0.1, 0.15) is 11.6 Å². The molecule has 0 radical (unpaired) electrons. The van der Waals surface area contributed by atoms with Crippen LogP contribution in [0.5, 0.6) is 5.75 Å². The van der Waals surface area contributed by atoms with Crippen molar-refractivity contribution in [3.63, 3.8) is 0 Å². The van der Waals surface area contributed by atoms with E-state index in [1.54, 1.807) is 13.0 Å². The topological polar surface area (TPSA) is 58.6 Å². The minimum Gasteiger partial charge on any atom is -0.496 e. The minimum absolute atomic E-state index is 0.130. The molecule has 98 valence electrons. The van der Waals surface area contributed by atoms with Gasteiger partial charge in [-0.05, 0) is 31.0 Å². The summed E-state index contributed by atoms with van der Waals surface area (Å²) < 4.78 is 18.8. The Kier molecular flexibility index (Phi) is 3.52. The van der Waals surface area contributed by atoms with Crippen molar-refractivity contribution in [1.82, 2.24) is 5.32 Å². The van der Waals surface area contributed by atoms with Crippen LogP contribution in [0.15, 0.2) is 12.1 Å². The molecule has 1 aromatic carbocycles. The molecule has 1 aliphatic rings. The van der Waals surface area contributed by atoms with Gasteiger partial charge >= 0.3 is 5.97 Å². The van der Waals surface area contributed by atoms with Gasteiger partial charge in [0.15, 0.2) is 0 Å². The number of rotatable bonds is 3. The summed E-state index contributed by atoms with van der Waals surface area (Å²) in [6, 6.07) is 3.08. The first-order valence-electron chi connectivity index (χ1n) is 5.83. The number of hydrogen-bond acceptors (Lipinski definition) is 3. The van der Waals surface area contributed by atoms with Crippen LogP contribution in [0, 0.1) is 18.7 Å². The fraction of sp³-hybridized carbons (Fsp3) is 0.462. The third kappa shape index (κ3) is 2.31. The van der Waals surface area contributed by atoms with Crippen molar-refractivity contribution in [2.75, 3.05) is 13.7 Å². The number of hydrogen-bond donors (Lipinski definition) is 2. The van der Waals surface area contributed by atoms with Crippen LogP contribution in [-0.2, 0) is 4.79 Å². The highest BCUT2D eigenvalue weighted by Crippen LogP contribution is 2.32. The average molecular weight is 253 g/mol. The Balaban J connectivity index is 2.25. The summed E-state index contributed by atoms with van der Waals surface area (Å²) in [4.78, 5) is 10.9. The number of carboxylic acid groups (broad SMARTS) is 1. The van der Waals surface area contributed by atoms with Crippen molar-refractivity contribution in [3.05, 3.63) is 29.1 Å². The van der Waals surface area contributed by atoms with Gasteiger partial charge in [0.05, 0.1) is 13.0 Å². The largest absolute Gasteiger partial charge is 0.496 e. The maximum absolute atomic E-state index is 13.7. The fourth-order valence-corrected chi connectivity index (χ4v) is 2.26. The first-order valence-corrected chi connectivity index (χ1v) is 5.83. The maximum Gasteiger partial charge on any atom is 0.307 e. The SMILES string of the molecule is COc1cc(C2CC(C(=O)O)CN2)cc(F)c1C. The lowest BCUT2D eigenvalue weighted by Crippen LogP contribution is -2.17. The second kappa shape index (κ2) is 4.94. The maximum atomic E-state index is 13.7. The van der Waals surface area contributed by atoms with E-state index in [-0.39, 0.29) is 11.9 Å². The van der Waals surface area contributed by atoms with Gasteiger partial charge in [-0.15, -0.1) is 0 Å². The number of halogens is 1. The molecule has 5 heteroatoms. The van der Waals surface area contributed by atoms with Gasteiger partial charge in [0.2, 0.25) is 0 Å². The number of benzene rings is 1. The molecular formula is C13H16FNO3. The van der Waals surface area contributed by atoms with Crippen LogP contribution < -0.4 is 10.1 Å². The second-order valence-corrected chi connectivity index (χ2v) is 4.56. The Morgan fingerprint density at radius 3 is 2.83 bits per heavy atom. The number of carboxylic acids is 1. The average Bonchev–Trinajstić information content (AvgIpc) is 2.82. The van der Waals surface area contributed by atoms with Gasteiger partial charge in [-0.3, -0.25) is 4.79 Å². The first-order chi connectivity index (χ1) is 8.52. The third-order valence-corrected chi connectivity index (χ3v) is 3.42. The molecule has 1 saturated heterocycles. The van der Waals surface area contributed by atoms with Crippen molar-refractivity contribution in [2.45, 2.75) is 19.4 Å². The van der Waals surface area contributed by atoms with Crippen LogP contribution in [0.2, 0.25) is 0 Å². The Bertz CT molecular complexity index is 476. The Morgan fingerprint density at radius 2 is 2.28 bits per heavy atom. The Labute approximate surface area is 105 Å². The van der Waals surface area contributed by atoms with E-state index in [0.717, 1.165) is 5.56 Å². The summed E-state index contributed by atoms with van der Waals surface area (Å²) in [6.07, 6.45) is 0.473. The van der Waals surface area contributed by atoms with E-state index in [1.807, 2.05) is 0 Å². The predicted molar refractivity (Wildman–Crippen MR) is 64.2 cm³/mol. The zero-order valence-electron chi connectivity index (χ0n) is 10.4. The van der Waals surface area contributed by atoms with E-state index in [2.05, 4.69) is 5.32 Å². The Morgan fingerprint density at radius 1 is 1.56 bits per heavy atom. The number of aliphatic carboxylic acids is 1. The molecule has 0 bridgehead atoms. The number of carbonyl (C=O) groups is 1. The molecule has 4 nitrogen and oxygen atoms in total. The third-order valence-electron chi connectivity index (χ3n) is 3.42. The van der Waals surface area contributed by atoms with Crippen LogP contribution in [0.3, 0.4) is 0 Å². The smallest absolute Gasteiger partial charge is 0.307 e. The molecule has 18 heavy (non-hydrogen) atoms. The first kappa shape index (κ1) is 12.8. The van der Waals surface area contributed by atoms with Crippen molar-refractivity contribution in [2.24, 2.45) is 5.92 Å². The highest BCUT2D eigenvalue weighted by Gasteiger charge is 2.30. The predicted octanol–water partition coefficient (Wildman–Crippen LogP) is 1.88. The fourth-order valence-electron chi connectivity index (χ4n) is 2.26. The summed E-state index contributed by atoms with van der Waals surface area (Å²) in [5.41, 5.74) is 1.20. The molecule has 1 aliphatic heterocycles. The van der Waals surface area contributed by atoms with Gasteiger partial charge in [0, 0.05) is 18.2 Å². The van der Waals surface area contributed by atoms with E-state index in [1.165, 1.54) is 13.2 Å². The standard InChI is InChI=1S/C13H16FNO3/c1-7-10(14)3-8(5-12(7)18-2)11-4-9(6-15-11)13(16)17/h3,5,9,11,15H,4,6H2,1-2H3,(H,16,17). The lowest BCUT2D eigenvalue weighted by atomic mass is 9.98. The molecule has 0 saturated carbocycles. The van der Waals surface area contributed by atoms with Crippen molar-refractivity contribution in [1.29, 1.82) is 0 Å². The lowest BCUT2D eigenvalue weighted by molar-refractivity contribution is -0.141. The zero-order chi connectivity index (χ0) is 13.3. The van der Waals surface area contributed by atoms with E-state index >= 15 is 0 Å². The van der Waals surface area contributed by atoms with Gasteiger partial charge in [-0.2, -0.15) is 0 Å². The van der Waals surface area contributed by atoms with Crippen LogP contribution in [-0.4, -0.2) is 24.7 Å². The molecule has 0 aromatic heterocycles. The van der Waals surface area contributed by atoms with Crippen molar-refractivity contribution < 1.29 is 19.0 Å². The van der Waals surface area contributed by atoms with Crippen LogP contribution in [0.4, 0.5) is 4.39 Å². The number of nitrogens with one attached hydrogen (secondary N) is 1. The molecule has 2 unspecified atom stereocenters. The van der Waals surface area contributed by atoms with Crippen LogP contribution in [0.1, 0.15) is 23.6 Å². The van der Waals surface area contributed by atoms with Gasteiger partial charge in [0.25, 0.3) is 0 Å². The van der Waals surface area contributed by atoms with E-state index < -0.39 is 11.9 Å². The highest BCUT2D eigenvalue weighted by molar-refractivity contribution is 5.70. The zero-order valence-corrected chi connectivity index (χ0v) is 10.4. The summed E-state index contributed by atoms with van der Waals surface area (Å²) in [7, 11) is 1.49. The van der Waals surface area contributed by atoms with Crippen LogP contribution >= 0.6 is 0 Å². The quantitative estimate of drug-likeness (QED) is 0.863. The van der Waals surface area contributed by atoms with Gasteiger partial charge in [-0.1, -0.05) is 0 Å². The van der Waals surface area contributed by atoms with Crippen molar-refractivity contribution >= 4 is 5.97 Å². The normalized spacial score (nSPS) is 23.1. The molecule has 2 N–H and O–H groups in total. The molecule has 0 spiro atoms. The molecule has 0 amide bonds. The van der Waals surface area contributed by atoms with E-state index in [0.29, 0.717) is 24.3 Å².